The van der Waals surface area contributed by atoms with Gasteiger partial charge in [0, 0.05) is 16.8 Å². The summed E-state index contributed by atoms with van der Waals surface area (Å²) in [5.74, 6) is 0. The number of nitrogens with zero attached hydrogens (tertiary/aromatic N) is 1. The minimum atomic E-state index is 0.107. The van der Waals surface area contributed by atoms with Crippen molar-refractivity contribution in [1.29, 1.82) is 0 Å². The smallest absolute Gasteiger partial charge is 0.257 e. The summed E-state index contributed by atoms with van der Waals surface area (Å²) < 4.78 is 0. The molecule has 0 bridgehead atoms. The van der Waals surface area contributed by atoms with E-state index in [0.29, 0.717) is 0 Å². The number of para-hydroxylation sites is 2. The molecule has 0 fully saturated rings. The normalized spacial score (nSPS) is 13.0. The monoisotopic (exact) mass is 499 g/mol. The largest absolute Gasteiger partial charge is 0.312 e. The number of anilines is 3. The van der Waals surface area contributed by atoms with Gasteiger partial charge in [-0.25, -0.2) is 0 Å². The van der Waals surface area contributed by atoms with Crippen LogP contribution in [0, 0.1) is 53.7 Å². The molecule has 3 heteroatoms. The lowest BCUT2D eigenvalue weighted by Crippen LogP contribution is -2.65. The maximum atomic E-state index is 3.59. The lowest BCUT2D eigenvalue weighted by molar-refractivity contribution is 1.30. The van der Waals surface area contributed by atoms with Crippen molar-refractivity contribution < 1.29 is 0 Å². The first-order valence-corrected chi connectivity index (χ1v) is 13.9. The van der Waals surface area contributed by atoms with Crippen LogP contribution in [0.3, 0.4) is 0 Å². The van der Waals surface area contributed by atoms with Gasteiger partial charge in [-0.15, -0.1) is 0 Å². The molecule has 0 amide bonds. The maximum Gasteiger partial charge on any atom is 0.257 e. The first-order chi connectivity index (χ1) is 18.8. The molecule has 5 aromatic carbocycles. The van der Waals surface area contributed by atoms with Gasteiger partial charge in [0.1, 0.15) is 0 Å². The molecule has 0 spiro atoms. The summed E-state index contributed by atoms with van der Waals surface area (Å²) in [6, 6.07) is 36.5. The summed E-state index contributed by atoms with van der Waals surface area (Å²) in [7, 11) is 0. The fourth-order valence-corrected chi connectivity index (χ4v) is 7.65. The lowest BCUT2D eigenvalue weighted by Gasteiger charge is -2.43. The number of fused-ring (bicyclic) bond motifs is 4. The number of rotatable bonds is 2. The molecule has 1 nitrogen and oxygen atoms in total. The van der Waals surface area contributed by atoms with Crippen LogP contribution in [0.25, 0.3) is 0 Å². The Labute approximate surface area is 233 Å². The number of hydrogen-bond acceptors (Lipinski definition) is 1. The Morgan fingerprint density at radius 2 is 1.10 bits per heavy atom. The molecule has 0 atom stereocenters. The SMILES string of the molecule is Cc1cc(C)c(B2c3c#cccc3N3c4ccccc4B(c4c(C)cc(C)cc4C)c4cccc2c43)c(C)c1. The molecule has 0 saturated carbocycles. The van der Waals surface area contributed by atoms with Crippen LogP contribution in [0.4, 0.5) is 17.1 Å². The van der Waals surface area contributed by atoms with E-state index in [1.807, 2.05) is 6.07 Å². The van der Waals surface area contributed by atoms with E-state index in [2.05, 4.69) is 131 Å². The zero-order valence-corrected chi connectivity index (χ0v) is 23.6. The van der Waals surface area contributed by atoms with Gasteiger partial charge in [0.05, 0.1) is 5.69 Å². The molecule has 2 heterocycles. The third kappa shape index (κ3) is 3.44. The van der Waals surface area contributed by atoms with Gasteiger partial charge in [0.2, 0.25) is 6.71 Å². The van der Waals surface area contributed by atoms with Crippen molar-refractivity contribution in [2.24, 2.45) is 0 Å². The van der Waals surface area contributed by atoms with Crippen molar-refractivity contribution in [2.45, 2.75) is 41.5 Å². The van der Waals surface area contributed by atoms with Crippen LogP contribution in [0.15, 0.2) is 78.9 Å². The zero-order chi connectivity index (χ0) is 27.0. The van der Waals surface area contributed by atoms with Crippen molar-refractivity contribution in [2.75, 3.05) is 4.90 Å². The summed E-state index contributed by atoms with van der Waals surface area (Å²) >= 11 is 0. The van der Waals surface area contributed by atoms with Crippen molar-refractivity contribution in [3.63, 3.8) is 0 Å². The molecule has 39 heavy (non-hydrogen) atoms. The minimum Gasteiger partial charge on any atom is -0.312 e. The Morgan fingerprint density at radius 3 is 1.74 bits per heavy atom. The van der Waals surface area contributed by atoms with Crippen LogP contribution in [-0.4, -0.2) is 13.4 Å². The van der Waals surface area contributed by atoms with E-state index >= 15 is 0 Å². The predicted molar refractivity (Wildman–Crippen MR) is 169 cm³/mol. The van der Waals surface area contributed by atoms with E-state index in [1.165, 1.54) is 83.2 Å². The molecule has 7 rings (SSSR count). The molecule has 0 aliphatic carbocycles. The second-order valence-corrected chi connectivity index (χ2v) is 11.6. The van der Waals surface area contributed by atoms with Gasteiger partial charge in [0.15, 0.2) is 0 Å². The Morgan fingerprint density at radius 1 is 0.564 bits per heavy atom. The first kappa shape index (κ1) is 23.9. The molecule has 0 radical (unpaired) electrons. The van der Waals surface area contributed by atoms with Gasteiger partial charge < -0.3 is 4.90 Å². The number of benzene rings is 4. The fourth-order valence-electron chi connectivity index (χ4n) is 7.65. The summed E-state index contributed by atoms with van der Waals surface area (Å²) in [6.45, 7) is 13.8. The minimum absolute atomic E-state index is 0.107. The van der Waals surface area contributed by atoms with Gasteiger partial charge in [0.25, 0.3) is 6.71 Å². The topological polar surface area (TPSA) is 3.24 Å². The molecular formula is C36H31B2N. The van der Waals surface area contributed by atoms with E-state index in [4.69, 9.17) is 0 Å². The third-order valence-electron chi connectivity index (χ3n) is 8.82. The van der Waals surface area contributed by atoms with Gasteiger partial charge in [-0.05, 0) is 76.1 Å². The lowest BCUT2D eigenvalue weighted by atomic mass is 9.29. The van der Waals surface area contributed by atoms with Crippen molar-refractivity contribution in [3.8, 4) is 0 Å². The van der Waals surface area contributed by atoms with Crippen molar-refractivity contribution >= 4 is 63.3 Å². The van der Waals surface area contributed by atoms with Crippen molar-refractivity contribution in [3.05, 3.63) is 124 Å². The van der Waals surface area contributed by atoms with E-state index in [1.54, 1.807) is 0 Å². The van der Waals surface area contributed by atoms with Gasteiger partial charge in [-0.1, -0.05) is 117 Å². The highest BCUT2D eigenvalue weighted by Crippen LogP contribution is 2.37. The first-order valence-electron chi connectivity index (χ1n) is 13.9. The van der Waals surface area contributed by atoms with Crippen LogP contribution >= 0.6 is 0 Å². The highest BCUT2D eigenvalue weighted by atomic mass is 15.2. The van der Waals surface area contributed by atoms with E-state index in [9.17, 15) is 0 Å². The fraction of sp³-hybridized carbons (Fsp3) is 0.167. The quantitative estimate of drug-likeness (QED) is 0.322. The molecule has 0 N–H and O–H groups in total. The molecule has 0 aromatic heterocycles. The highest BCUT2D eigenvalue weighted by Gasteiger charge is 2.44. The maximum absolute atomic E-state index is 3.59. The van der Waals surface area contributed by atoms with Crippen LogP contribution < -0.4 is 37.7 Å². The number of hydrogen-bond donors (Lipinski definition) is 0. The van der Waals surface area contributed by atoms with Gasteiger partial charge in [-0.3, -0.25) is 0 Å². The third-order valence-corrected chi connectivity index (χ3v) is 8.82. The Kier molecular flexibility index (Phi) is 5.33. The molecule has 0 unspecified atom stereocenters. The van der Waals surface area contributed by atoms with Crippen LogP contribution in [-0.2, 0) is 0 Å². The molecular weight excluding hydrogens is 468 g/mol. The Balaban J connectivity index is 1.59. The summed E-state index contributed by atoms with van der Waals surface area (Å²) in [6.07, 6.45) is 0. The van der Waals surface area contributed by atoms with E-state index < -0.39 is 0 Å². The number of aryl methyl sites for hydroxylation is 6. The molecule has 186 valence electrons. The van der Waals surface area contributed by atoms with E-state index in [0.717, 1.165) is 0 Å². The zero-order valence-electron chi connectivity index (χ0n) is 23.6. The molecule has 2 aliphatic rings. The molecule has 0 saturated heterocycles. The van der Waals surface area contributed by atoms with Crippen LogP contribution in [0.1, 0.15) is 33.4 Å². The van der Waals surface area contributed by atoms with Crippen LogP contribution in [0.5, 0.6) is 0 Å². The van der Waals surface area contributed by atoms with E-state index in [-0.39, 0.29) is 13.4 Å². The summed E-state index contributed by atoms with van der Waals surface area (Å²) in [4.78, 5) is 2.50. The van der Waals surface area contributed by atoms with Gasteiger partial charge in [-0.2, -0.15) is 0 Å². The second-order valence-electron chi connectivity index (χ2n) is 11.6. The van der Waals surface area contributed by atoms with Gasteiger partial charge >= 0.3 is 0 Å². The summed E-state index contributed by atoms with van der Waals surface area (Å²) in [5.41, 5.74) is 19.9. The van der Waals surface area contributed by atoms with Crippen molar-refractivity contribution in [1.82, 2.24) is 0 Å². The molecule has 2 aliphatic heterocycles. The highest BCUT2D eigenvalue weighted by molar-refractivity contribution is 7.02. The summed E-state index contributed by atoms with van der Waals surface area (Å²) in [5, 5.41) is 0. The average Bonchev–Trinajstić information content (AvgIpc) is 2.90. The average molecular weight is 499 g/mol. The predicted octanol–water partition coefficient (Wildman–Crippen LogP) is 4.27. The Bertz CT molecular complexity index is 1630. The Hall–Kier alpha value is -4.15. The second kappa shape index (κ2) is 8.69. The standard InChI is InChI=1S/C36H31B2N/c1-22-18-24(3)34(25(4)19-22)37-28-12-7-9-16-32(28)39-33-17-10-8-13-29(33)38(31-15-11-14-30(37)36(31)39)35-26(5)20-23(2)21-27(35)6/h7,9-12,14-21H,1-6H3. The molecule has 5 aromatic rings. The van der Waals surface area contributed by atoms with Crippen LogP contribution in [0.2, 0.25) is 0 Å².